The summed E-state index contributed by atoms with van der Waals surface area (Å²) in [5, 5.41) is 7.42. The summed E-state index contributed by atoms with van der Waals surface area (Å²) in [6.45, 7) is 5.98. The summed E-state index contributed by atoms with van der Waals surface area (Å²) >= 11 is 0. The van der Waals surface area contributed by atoms with Gasteiger partial charge in [-0.3, -0.25) is 4.90 Å². The highest BCUT2D eigenvalue weighted by atomic mass is 16.5. The van der Waals surface area contributed by atoms with Crippen LogP contribution in [0.15, 0.2) is 34.9 Å². The third-order valence-corrected chi connectivity index (χ3v) is 3.48. The normalized spacial score (nSPS) is 20.6. The molecule has 0 amide bonds. The largest absolute Gasteiger partial charge is 0.338 e. The minimum absolute atomic E-state index is 0.501. The van der Waals surface area contributed by atoms with Crippen LogP contribution in [0, 0.1) is 0 Å². The Kier molecular flexibility index (Phi) is 3.57. The van der Waals surface area contributed by atoms with Crippen molar-refractivity contribution in [2.45, 2.75) is 19.5 Å². The Morgan fingerprint density at radius 2 is 2.21 bits per heavy atom. The van der Waals surface area contributed by atoms with Gasteiger partial charge in [-0.25, -0.2) is 0 Å². The lowest BCUT2D eigenvalue weighted by atomic mass is 10.2. The Morgan fingerprint density at radius 1 is 1.37 bits per heavy atom. The van der Waals surface area contributed by atoms with Crippen LogP contribution in [0.3, 0.4) is 0 Å². The molecule has 0 aliphatic carbocycles. The number of hydrogen-bond donors (Lipinski definition) is 1. The molecule has 1 atom stereocenters. The van der Waals surface area contributed by atoms with Gasteiger partial charge in [0.25, 0.3) is 0 Å². The molecule has 1 aromatic carbocycles. The molecule has 1 aliphatic heterocycles. The van der Waals surface area contributed by atoms with Crippen LogP contribution < -0.4 is 5.32 Å². The molecule has 1 aliphatic rings. The standard InChI is InChI=1S/C14H18N4O/c1-11-9-15-7-8-18(11)10-13-16-14(17-19-13)12-5-3-2-4-6-12/h2-6,11,15H,7-10H2,1H3/t11-/m0/s1. The number of nitrogens with zero attached hydrogens (tertiary/aromatic N) is 3. The van der Waals surface area contributed by atoms with Gasteiger partial charge in [0, 0.05) is 31.2 Å². The highest BCUT2D eigenvalue weighted by Gasteiger charge is 2.20. The van der Waals surface area contributed by atoms with Gasteiger partial charge in [-0.05, 0) is 6.92 Å². The van der Waals surface area contributed by atoms with E-state index in [1.807, 2.05) is 30.3 Å². The second kappa shape index (κ2) is 5.50. The average Bonchev–Trinajstić information content (AvgIpc) is 2.91. The fourth-order valence-corrected chi connectivity index (χ4v) is 2.32. The minimum atomic E-state index is 0.501. The molecule has 1 saturated heterocycles. The molecule has 1 N–H and O–H groups in total. The highest BCUT2D eigenvalue weighted by Crippen LogP contribution is 2.16. The van der Waals surface area contributed by atoms with Crippen LogP contribution in [-0.4, -0.2) is 40.7 Å². The van der Waals surface area contributed by atoms with Crippen molar-refractivity contribution in [3.8, 4) is 11.4 Å². The van der Waals surface area contributed by atoms with Crippen molar-refractivity contribution < 1.29 is 4.52 Å². The molecule has 2 aromatic rings. The molecule has 19 heavy (non-hydrogen) atoms. The zero-order chi connectivity index (χ0) is 13.1. The van der Waals surface area contributed by atoms with Crippen LogP contribution in [0.5, 0.6) is 0 Å². The van der Waals surface area contributed by atoms with Crippen LogP contribution in [-0.2, 0) is 6.54 Å². The molecule has 3 rings (SSSR count). The Bertz CT molecular complexity index is 525. The Labute approximate surface area is 112 Å². The monoisotopic (exact) mass is 258 g/mol. The molecule has 5 nitrogen and oxygen atoms in total. The SMILES string of the molecule is C[C@H]1CNCCN1Cc1nc(-c2ccccc2)no1. The van der Waals surface area contributed by atoms with Gasteiger partial charge in [0.15, 0.2) is 0 Å². The number of rotatable bonds is 3. The molecule has 0 bridgehead atoms. The predicted molar refractivity (Wildman–Crippen MR) is 72.5 cm³/mol. The maximum absolute atomic E-state index is 5.35. The van der Waals surface area contributed by atoms with E-state index in [0.29, 0.717) is 17.8 Å². The maximum atomic E-state index is 5.35. The summed E-state index contributed by atoms with van der Waals surface area (Å²) in [7, 11) is 0. The van der Waals surface area contributed by atoms with Crippen LogP contribution in [0.2, 0.25) is 0 Å². The molecular weight excluding hydrogens is 240 g/mol. The van der Waals surface area contributed by atoms with Crippen LogP contribution in [0.4, 0.5) is 0 Å². The Morgan fingerprint density at radius 3 is 3.00 bits per heavy atom. The minimum Gasteiger partial charge on any atom is -0.338 e. The fourth-order valence-electron chi connectivity index (χ4n) is 2.32. The summed E-state index contributed by atoms with van der Waals surface area (Å²) in [6, 6.07) is 10.4. The number of nitrogens with one attached hydrogen (secondary N) is 1. The van der Waals surface area contributed by atoms with Crippen molar-refractivity contribution in [3.63, 3.8) is 0 Å². The summed E-state index contributed by atoms with van der Waals surface area (Å²) < 4.78 is 5.35. The summed E-state index contributed by atoms with van der Waals surface area (Å²) in [5.74, 6) is 1.35. The first-order chi connectivity index (χ1) is 9.33. The van der Waals surface area contributed by atoms with Gasteiger partial charge in [0.2, 0.25) is 11.7 Å². The predicted octanol–water partition coefficient (Wildman–Crippen LogP) is 1.53. The van der Waals surface area contributed by atoms with Gasteiger partial charge in [-0.2, -0.15) is 4.98 Å². The van der Waals surface area contributed by atoms with E-state index >= 15 is 0 Å². The van der Waals surface area contributed by atoms with Gasteiger partial charge in [-0.15, -0.1) is 0 Å². The number of piperazine rings is 1. The molecule has 1 fully saturated rings. The van der Waals surface area contributed by atoms with E-state index in [4.69, 9.17) is 4.52 Å². The molecule has 2 heterocycles. The molecular formula is C14H18N4O. The first-order valence-electron chi connectivity index (χ1n) is 6.66. The first kappa shape index (κ1) is 12.3. The second-order valence-electron chi connectivity index (χ2n) is 4.90. The van der Waals surface area contributed by atoms with Crippen LogP contribution in [0.25, 0.3) is 11.4 Å². The molecule has 1 aromatic heterocycles. The summed E-state index contributed by atoms with van der Waals surface area (Å²) in [6.07, 6.45) is 0. The molecule has 0 spiro atoms. The van der Waals surface area contributed by atoms with Gasteiger partial charge in [0.1, 0.15) is 0 Å². The van der Waals surface area contributed by atoms with Crippen molar-refractivity contribution >= 4 is 0 Å². The summed E-state index contributed by atoms with van der Waals surface area (Å²) in [4.78, 5) is 6.83. The topological polar surface area (TPSA) is 54.2 Å². The van der Waals surface area contributed by atoms with Gasteiger partial charge >= 0.3 is 0 Å². The average molecular weight is 258 g/mol. The molecule has 100 valence electrons. The van der Waals surface area contributed by atoms with E-state index in [2.05, 4.69) is 27.3 Å². The Hall–Kier alpha value is -1.72. The fraction of sp³-hybridized carbons (Fsp3) is 0.429. The number of hydrogen-bond acceptors (Lipinski definition) is 5. The zero-order valence-corrected chi connectivity index (χ0v) is 11.0. The molecule has 0 unspecified atom stereocenters. The second-order valence-corrected chi connectivity index (χ2v) is 4.90. The van der Waals surface area contributed by atoms with E-state index < -0.39 is 0 Å². The lowest BCUT2D eigenvalue weighted by Crippen LogP contribution is -2.49. The lowest BCUT2D eigenvalue weighted by Gasteiger charge is -2.32. The first-order valence-corrected chi connectivity index (χ1v) is 6.66. The zero-order valence-electron chi connectivity index (χ0n) is 11.0. The van der Waals surface area contributed by atoms with Crippen molar-refractivity contribution in [3.05, 3.63) is 36.2 Å². The third-order valence-electron chi connectivity index (χ3n) is 3.48. The number of benzene rings is 1. The van der Waals surface area contributed by atoms with Crippen molar-refractivity contribution in [2.75, 3.05) is 19.6 Å². The van der Waals surface area contributed by atoms with E-state index in [1.54, 1.807) is 0 Å². The van der Waals surface area contributed by atoms with Crippen molar-refractivity contribution in [1.82, 2.24) is 20.4 Å². The van der Waals surface area contributed by atoms with E-state index in [9.17, 15) is 0 Å². The van der Waals surface area contributed by atoms with Gasteiger partial charge < -0.3 is 9.84 Å². The van der Waals surface area contributed by atoms with Crippen molar-refractivity contribution in [2.24, 2.45) is 0 Å². The molecule has 0 saturated carbocycles. The number of aromatic nitrogens is 2. The van der Waals surface area contributed by atoms with Crippen molar-refractivity contribution in [1.29, 1.82) is 0 Å². The van der Waals surface area contributed by atoms with Gasteiger partial charge in [0.05, 0.1) is 6.54 Å². The summed E-state index contributed by atoms with van der Waals surface area (Å²) in [5.41, 5.74) is 0.992. The maximum Gasteiger partial charge on any atom is 0.241 e. The van der Waals surface area contributed by atoms with Crippen LogP contribution in [0.1, 0.15) is 12.8 Å². The van der Waals surface area contributed by atoms with Gasteiger partial charge in [-0.1, -0.05) is 35.5 Å². The van der Waals surface area contributed by atoms with Crippen LogP contribution >= 0.6 is 0 Å². The quantitative estimate of drug-likeness (QED) is 0.905. The highest BCUT2D eigenvalue weighted by molar-refractivity contribution is 5.53. The Balaban J connectivity index is 1.71. The lowest BCUT2D eigenvalue weighted by molar-refractivity contribution is 0.146. The smallest absolute Gasteiger partial charge is 0.241 e. The van der Waals surface area contributed by atoms with E-state index in [1.165, 1.54) is 0 Å². The van der Waals surface area contributed by atoms with E-state index in [0.717, 1.165) is 31.7 Å². The third kappa shape index (κ3) is 2.83. The molecule has 5 heteroatoms. The van der Waals surface area contributed by atoms with E-state index in [-0.39, 0.29) is 0 Å². The molecule has 0 radical (unpaired) electrons.